The lowest BCUT2D eigenvalue weighted by atomic mass is 9.84. The van der Waals surface area contributed by atoms with Crippen LogP contribution in [0, 0.1) is 25.2 Å². The Morgan fingerprint density at radius 2 is 1.96 bits per heavy atom. The van der Waals surface area contributed by atoms with E-state index in [0.717, 1.165) is 27.4 Å². The van der Waals surface area contributed by atoms with Gasteiger partial charge in [0.05, 0.1) is 29.2 Å². The fraction of sp³-hybridized carbons (Fsp3) is 0.273. The van der Waals surface area contributed by atoms with E-state index in [1.165, 1.54) is 0 Å². The molecule has 28 heavy (non-hydrogen) atoms. The molecule has 2 aromatic carbocycles. The summed E-state index contributed by atoms with van der Waals surface area (Å²) >= 11 is 7.83. The van der Waals surface area contributed by atoms with E-state index in [0.29, 0.717) is 29.6 Å². The zero-order chi connectivity index (χ0) is 19.8. The Kier molecular flexibility index (Phi) is 5.09. The average Bonchev–Trinajstić information content (AvgIpc) is 2.70. The molecule has 2 heterocycles. The van der Waals surface area contributed by atoms with Gasteiger partial charge in [-0.2, -0.15) is 5.26 Å². The molecule has 0 aromatic heterocycles. The van der Waals surface area contributed by atoms with Crippen LogP contribution in [0.3, 0.4) is 0 Å². The van der Waals surface area contributed by atoms with Gasteiger partial charge in [-0.05, 0) is 42.7 Å². The Labute approximate surface area is 174 Å². The summed E-state index contributed by atoms with van der Waals surface area (Å²) in [6.07, 6.45) is 0.320. The van der Waals surface area contributed by atoms with E-state index in [2.05, 4.69) is 11.0 Å². The van der Waals surface area contributed by atoms with Crippen LogP contribution in [-0.4, -0.2) is 23.4 Å². The molecule has 1 amide bonds. The molecule has 0 bridgehead atoms. The van der Waals surface area contributed by atoms with E-state index in [1.54, 1.807) is 16.7 Å². The minimum Gasteiger partial charge on any atom is -0.344 e. The molecule has 0 radical (unpaired) electrons. The lowest BCUT2D eigenvalue weighted by Crippen LogP contribution is -2.47. The maximum atomic E-state index is 13.0. The Bertz CT molecular complexity index is 1030. The van der Waals surface area contributed by atoms with Crippen molar-refractivity contribution in [3.8, 4) is 6.07 Å². The highest BCUT2D eigenvalue weighted by atomic mass is 35.5. The van der Waals surface area contributed by atoms with Crippen LogP contribution in [0.5, 0.6) is 0 Å². The largest absolute Gasteiger partial charge is 0.344 e. The highest BCUT2D eigenvalue weighted by molar-refractivity contribution is 8.03. The molecule has 142 valence electrons. The third-order valence-corrected chi connectivity index (χ3v) is 6.94. The van der Waals surface area contributed by atoms with Crippen molar-refractivity contribution in [3.05, 3.63) is 74.8 Å². The Balaban J connectivity index is 1.68. The molecule has 2 aliphatic rings. The quantitative estimate of drug-likeness (QED) is 0.685. The number of allylic oxidation sites excluding steroid dienone is 1. The molecule has 0 N–H and O–H groups in total. The van der Waals surface area contributed by atoms with E-state index in [1.807, 2.05) is 56.3 Å². The van der Waals surface area contributed by atoms with Gasteiger partial charge in [-0.3, -0.25) is 9.69 Å². The molecule has 4 nitrogen and oxygen atoms in total. The molecule has 0 spiro atoms. The maximum Gasteiger partial charge on any atom is 0.229 e. The first kappa shape index (κ1) is 18.9. The molecule has 1 saturated heterocycles. The maximum absolute atomic E-state index is 13.0. The molecule has 1 atom stereocenters. The summed E-state index contributed by atoms with van der Waals surface area (Å²) in [6, 6.07) is 16.3. The van der Waals surface area contributed by atoms with Crippen LogP contribution in [0.2, 0.25) is 5.02 Å². The fourth-order valence-electron chi connectivity index (χ4n) is 3.75. The average molecular weight is 410 g/mol. The summed E-state index contributed by atoms with van der Waals surface area (Å²) in [4.78, 5) is 16.9. The van der Waals surface area contributed by atoms with Crippen molar-refractivity contribution in [1.29, 1.82) is 5.26 Å². The van der Waals surface area contributed by atoms with Gasteiger partial charge in [0.2, 0.25) is 5.91 Å². The molecular formula is C22H20ClN3OS. The number of carbonyl (C=O) groups excluding carboxylic acids is 1. The second-order valence-corrected chi connectivity index (χ2v) is 8.49. The van der Waals surface area contributed by atoms with Crippen molar-refractivity contribution >= 4 is 35.0 Å². The molecule has 0 saturated carbocycles. The highest BCUT2D eigenvalue weighted by Gasteiger charge is 2.38. The minimum absolute atomic E-state index is 0.0534. The number of rotatable bonds is 2. The SMILES string of the molecule is Cc1ccc(N2CSC3=C(C#N)[C@@H](c4ccccc4C)CC(=O)N3C2)cc1Cl. The summed E-state index contributed by atoms with van der Waals surface area (Å²) in [5.74, 6) is 0.556. The number of anilines is 1. The highest BCUT2D eigenvalue weighted by Crippen LogP contribution is 2.44. The number of amides is 1. The van der Waals surface area contributed by atoms with Crippen molar-refractivity contribution in [1.82, 2.24) is 4.90 Å². The second kappa shape index (κ2) is 7.54. The van der Waals surface area contributed by atoms with Crippen LogP contribution in [0.4, 0.5) is 5.69 Å². The molecule has 6 heteroatoms. The van der Waals surface area contributed by atoms with Gasteiger partial charge >= 0.3 is 0 Å². The minimum atomic E-state index is -0.169. The fourth-order valence-corrected chi connectivity index (χ4v) is 5.09. The third kappa shape index (κ3) is 3.28. The zero-order valence-corrected chi connectivity index (χ0v) is 17.3. The molecule has 2 aromatic rings. The lowest BCUT2D eigenvalue weighted by Gasteiger charge is -2.42. The number of hydrogen-bond acceptors (Lipinski definition) is 4. The molecule has 0 unspecified atom stereocenters. The number of nitriles is 1. The number of aryl methyl sites for hydroxylation is 2. The van der Waals surface area contributed by atoms with Gasteiger partial charge in [0, 0.05) is 23.0 Å². The summed E-state index contributed by atoms with van der Waals surface area (Å²) in [7, 11) is 0. The summed E-state index contributed by atoms with van der Waals surface area (Å²) in [5.41, 5.74) is 4.87. The van der Waals surface area contributed by atoms with E-state index >= 15 is 0 Å². The van der Waals surface area contributed by atoms with Crippen LogP contribution in [-0.2, 0) is 4.79 Å². The summed E-state index contributed by atoms with van der Waals surface area (Å²) in [6.45, 7) is 4.44. The van der Waals surface area contributed by atoms with E-state index in [-0.39, 0.29) is 11.8 Å². The number of halogens is 1. The monoisotopic (exact) mass is 409 g/mol. The molecule has 4 rings (SSSR count). The van der Waals surface area contributed by atoms with Crippen LogP contribution in [0.1, 0.15) is 29.0 Å². The standard InChI is InChI=1S/C22H20ClN3OS/c1-14-5-3-4-6-17(14)18-10-21(27)26-12-25(13-28-22(26)19(18)11-24)16-8-7-15(2)20(23)9-16/h3-9,18H,10,12-13H2,1-2H3/t18-/m1/s1. The number of fused-ring (bicyclic) bond motifs is 1. The Morgan fingerprint density at radius 1 is 1.18 bits per heavy atom. The van der Waals surface area contributed by atoms with Gasteiger partial charge in [-0.1, -0.05) is 53.7 Å². The van der Waals surface area contributed by atoms with Crippen molar-refractivity contribution in [2.45, 2.75) is 26.2 Å². The van der Waals surface area contributed by atoms with E-state index < -0.39 is 0 Å². The van der Waals surface area contributed by atoms with Gasteiger partial charge in [0.25, 0.3) is 0 Å². The topological polar surface area (TPSA) is 47.3 Å². The van der Waals surface area contributed by atoms with Crippen molar-refractivity contribution in [3.63, 3.8) is 0 Å². The van der Waals surface area contributed by atoms with Crippen molar-refractivity contribution < 1.29 is 4.79 Å². The summed E-state index contributed by atoms with van der Waals surface area (Å²) in [5, 5.41) is 11.4. The first-order chi connectivity index (χ1) is 13.5. The predicted molar refractivity (Wildman–Crippen MR) is 114 cm³/mol. The normalized spacial score (nSPS) is 19.5. The molecule has 1 fully saturated rings. The van der Waals surface area contributed by atoms with Gasteiger partial charge < -0.3 is 4.90 Å². The third-order valence-electron chi connectivity index (χ3n) is 5.38. The second-order valence-electron chi connectivity index (χ2n) is 7.15. The van der Waals surface area contributed by atoms with Crippen LogP contribution in [0.15, 0.2) is 53.1 Å². The van der Waals surface area contributed by atoms with Gasteiger partial charge in [-0.15, -0.1) is 0 Å². The molecule has 0 aliphatic carbocycles. The van der Waals surface area contributed by atoms with Crippen LogP contribution >= 0.6 is 23.4 Å². The smallest absolute Gasteiger partial charge is 0.229 e. The van der Waals surface area contributed by atoms with Crippen molar-refractivity contribution in [2.24, 2.45) is 0 Å². The number of nitrogens with zero attached hydrogens (tertiary/aromatic N) is 3. The predicted octanol–water partition coefficient (Wildman–Crippen LogP) is 5.18. The van der Waals surface area contributed by atoms with Crippen LogP contribution < -0.4 is 4.90 Å². The lowest BCUT2D eigenvalue weighted by molar-refractivity contribution is -0.129. The number of thioether (sulfide) groups is 1. The number of hydrogen-bond donors (Lipinski definition) is 0. The Hall–Kier alpha value is -2.42. The first-order valence-electron chi connectivity index (χ1n) is 9.13. The van der Waals surface area contributed by atoms with Gasteiger partial charge in [0.15, 0.2) is 0 Å². The molecule has 2 aliphatic heterocycles. The number of carbonyl (C=O) groups is 1. The first-order valence-corrected chi connectivity index (χ1v) is 10.5. The van der Waals surface area contributed by atoms with Crippen molar-refractivity contribution in [2.75, 3.05) is 17.4 Å². The van der Waals surface area contributed by atoms with Gasteiger partial charge in [-0.25, -0.2) is 0 Å². The number of benzene rings is 2. The van der Waals surface area contributed by atoms with E-state index in [4.69, 9.17) is 11.6 Å². The zero-order valence-electron chi connectivity index (χ0n) is 15.8. The van der Waals surface area contributed by atoms with Crippen LogP contribution in [0.25, 0.3) is 0 Å². The summed E-state index contributed by atoms with van der Waals surface area (Å²) < 4.78 is 0. The van der Waals surface area contributed by atoms with Gasteiger partial charge in [0.1, 0.15) is 0 Å². The Morgan fingerprint density at radius 3 is 2.68 bits per heavy atom. The van der Waals surface area contributed by atoms with E-state index in [9.17, 15) is 10.1 Å². The molecular weight excluding hydrogens is 390 g/mol.